The number of halogens is 1. The fraction of sp³-hybridized carbons (Fsp3) is 0.600. The van der Waals surface area contributed by atoms with Crippen LogP contribution in [0.15, 0.2) is 12.1 Å². The molecule has 0 radical (unpaired) electrons. The molecule has 0 spiro atoms. The van der Waals surface area contributed by atoms with Crippen LogP contribution in [0.25, 0.3) is 11.2 Å². The molecule has 0 aromatic carbocycles. The van der Waals surface area contributed by atoms with E-state index in [4.69, 9.17) is 21.3 Å². The van der Waals surface area contributed by atoms with Crippen LogP contribution >= 0.6 is 23.4 Å². The molecule has 1 fully saturated rings. The number of ether oxygens (including phenoxy) is 1. The zero-order chi connectivity index (χ0) is 14.7. The number of thioether (sulfide) groups is 1. The van der Waals surface area contributed by atoms with Crippen LogP contribution in [0.5, 0.6) is 5.88 Å². The van der Waals surface area contributed by atoms with Crippen molar-refractivity contribution in [1.82, 2.24) is 14.5 Å². The number of rotatable bonds is 5. The summed E-state index contributed by atoms with van der Waals surface area (Å²) in [6.45, 7) is 0.990. The van der Waals surface area contributed by atoms with Crippen LogP contribution in [0.3, 0.4) is 0 Å². The minimum Gasteiger partial charge on any atom is -0.481 e. The summed E-state index contributed by atoms with van der Waals surface area (Å²) in [5.74, 6) is 5.50. The van der Waals surface area contributed by atoms with Crippen LogP contribution in [0.1, 0.15) is 18.7 Å². The van der Waals surface area contributed by atoms with Crippen molar-refractivity contribution in [2.24, 2.45) is 5.92 Å². The van der Waals surface area contributed by atoms with E-state index in [1.54, 1.807) is 7.11 Å². The molecule has 0 N–H and O–H groups in total. The molecule has 0 saturated carbocycles. The Kier molecular flexibility index (Phi) is 4.91. The van der Waals surface area contributed by atoms with Crippen molar-refractivity contribution in [3.63, 3.8) is 0 Å². The number of alkyl halides is 1. The Morgan fingerprint density at radius 2 is 2.14 bits per heavy atom. The molecule has 3 rings (SSSR count). The lowest BCUT2D eigenvalue weighted by Crippen LogP contribution is -2.18. The molecule has 1 aliphatic heterocycles. The smallest absolute Gasteiger partial charge is 0.215 e. The summed E-state index contributed by atoms with van der Waals surface area (Å²) in [4.78, 5) is 9.29. The van der Waals surface area contributed by atoms with Gasteiger partial charge in [-0.15, -0.1) is 11.6 Å². The molecule has 3 heterocycles. The van der Waals surface area contributed by atoms with Gasteiger partial charge in [-0.3, -0.25) is 0 Å². The van der Waals surface area contributed by atoms with Crippen LogP contribution < -0.4 is 4.74 Å². The van der Waals surface area contributed by atoms with E-state index in [1.807, 2.05) is 12.1 Å². The average Bonchev–Trinajstić information content (AvgIpc) is 2.86. The van der Waals surface area contributed by atoms with Crippen LogP contribution in [-0.4, -0.2) is 39.0 Å². The van der Waals surface area contributed by atoms with Crippen LogP contribution in [0.4, 0.5) is 0 Å². The van der Waals surface area contributed by atoms with Gasteiger partial charge >= 0.3 is 0 Å². The van der Waals surface area contributed by atoms with Gasteiger partial charge in [-0.05, 0) is 36.3 Å². The van der Waals surface area contributed by atoms with Crippen molar-refractivity contribution in [1.29, 1.82) is 0 Å². The Hall–Kier alpha value is -0.940. The molecular formula is C15H20ClN3OS. The van der Waals surface area contributed by atoms with Crippen molar-refractivity contribution in [3.05, 3.63) is 18.0 Å². The molecule has 6 heteroatoms. The van der Waals surface area contributed by atoms with Gasteiger partial charge in [0.1, 0.15) is 11.3 Å². The fourth-order valence-electron chi connectivity index (χ4n) is 2.80. The first-order chi connectivity index (χ1) is 10.3. The monoisotopic (exact) mass is 325 g/mol. The molecule has 21 heavy (non-hydrogen) atoms. The third kappa shape index (κ3) is 3.29. The quantitative estimate of drug-likeness (QED) is 0.790. The SMILES string of the molecule is COc1ccc2nc(CCCl)n(CC3CCSCC3)c2n1. The van der Waals surface area contributed by atoms with Crippen molar-refractivity contribution in [2.75, 3.05) is 24.5 Å². The predicted octanol–water partition coefficient (Wildman–Crippen LogP) is 3.36. The van der Waals surface area contributed by atoms with E-state index in [1.165, 1.54) is 24.3 Å². The first-order valence-corrected chi connectivity index (χ1v) is 9.04. The number of hydrogen-bond donors (Lipinski definition) is 0. The molecule has 2 aromatic heterocycles. The third-order valence-electron chi connectivity index (χ3n) is 3.95. The Morgan fingerprint density at radius 3 is 2.86 bits per heavy atom. The lowest BCUT2D eigenvalue weighted by atomic mass is 10.0. The van der Waals surface area contributed by atoms with Crippen LogP contribution in [0, 0.1) is 5.92 Å². The molecule has 0 unspecified atom stereocenters. The normalized spacial score (nSPS) is 16.5. The largest absolute Gasteiger partial charge is 0.481 e. The highest BCUT2D eigenvalue weighted by Crippen LogP contribution is 2.27. The number of imidazole rings is 1. The molecule has 1 aliphatic rings. The van der Waals surface area contributed by atoms with Gasteiger partial charge in [-0.1, -0.05) is 0 Å². The summed E-state index contributed by atoms with van der Waals surface area (Å²) in [5.41, 5.74) is 1.86. The van der Waals surface area contributed by atoms with E-state index in [-0.39, 0.29) is 0 Å². The standard InChI is InChI=1S/C15H20ClN3OS/c1-20-14-3-2-12-15(18-14)19(13(17-12)4-7-16)10-11-5-8-21-9-6-11/h2-3,11H,4-10H2,1H3. The van der Waals surface area contributed by atoms with Gasteiger partial charge in [0.05, 0.1) is 7.11 Å². The molecule has 0 amide bonds. The van der Waals surface area contributed by atoms with Crippen molar-refractivity contribution in [3.8, 4) is 5.88 Å². The van der Waals surface area contributed by atoms with Gasteiger partial charge in [0.15, 0.2) is 5.65 Å². The maximum atomic E-state index is 5.94. The third-order valence-corrected chi connectivity index (χ3v) is 5.19. The highest BCUT2D eigenvalue weighted by atomic mass is 35.5. The second kappa shape index (κ2) is 6.88. The second-order valence-corrected chi connectivity index (χ2v) is 6.93. The molecule has 1 saturated heterocycles. The Balaban J connectivity index is 1.96. The highest BCUT2D eigenvalue weighted by molar-refractivity contribution is 7.99. The minimum absolute atomic E-state index is 0.584. The zero-order valence-corrected chi connectivity index (χ0v) is 13.8. The Bertz CT molecular complexity index is 610. The minimum atomic E-state index is 0.584. The number of methoxy groups -OCH3 is 1. The highest BCUT2D eigenvalue weighted by Gasteiger charge is 2.19. The molecule has 0 bridgehead atoms. The lowest BCUT2D eigenvalue weighted by molar-refractivity contribution is 0.395. The summed E-state index contributed by atoms with van der Waals surface area (Å²) in [6.07, 6.45) is 3.32. The number of pyridine rings is 1. The first-order valence-electron chi connectivity index (χ1n) is 7.35. The number of nitrogens with zero attached hydrogens (tertiary/aromatic N) is 3. The van der Waals surface area contributed by atoms with E-state index in [0.29, 0.717) is 17.7 Å². The summed E-state index contributed by atoms with van der Waals surface area (Å²) in [5, 5.41) is 0. The average molecular weight is 326 g/mol. The van der Waals surface area contributed by atoms with Crippen LogP contribution in [-0.2, 0) is 13.0 Å². The molecule has 0 aliphatic carbocycles. The van der Waals surface area contributed by atoms with Gasteiger partial charge in [0, 0.05) is 24.9 Å². The Labute approximate surface area is 134 Å². The van der Waals surface area contributed by atoms with Gasteiger partial charge in [-0.2, -0.15) is 16.7 Å². The van der Waals surface area contributed by atoms with Gasteiger partial charge in [-0.25, -0.2) is 4.98 Å². The van der Waals surface area contributed by atoms with E-state index in [9.17, 15) is 0 Å². The molecule has 4 nitrogen and oxygen atoms in total. The molecule has 2 aromatic rings. The second-order valence-electron chi connectivity index (χ2n) is 5.33. The van der Waals surface area contributed by atoms with E-state index >= 15 is 0 Å². The summed E-state index contributed by atoms with van der Waals surface area (Å²) in [6, 6.07) is 3.84. The summed E-state index contributed by atoms with van der Waals surface area (Å²) < 4.78 is 7.51. The number of aryl methyl sites for hydroxylation is 1. The first kappa shape index (κ1) is 15.0. The van der Waals surface area contributed by atoms with E-state index < -0.39 is 0 Å². The number of aromatic nitrogens is 3. The van der Waals surface area contributed by atoms with E-state index in [0.717, 1.165) is 30.0 Å². The topological polar surface area (TPSA) is 39.9 Å². The summed E-state index contributed by atoms with van der Waals surface area (Å²) >= 11 is 7.99. The maximum absolute atomic E-state index is 5.94. The molecule has 114 valence electrons. The zero-order valence-electron chi connectivity index (χ0n) is 12.2. The van der Waals surface area contributed by atoms with Crippen LogP contribution in [0.2, 0.25) is 0 Å². The van der Waals surface area contributed by atoms with Crippen molar-refractivity contribution < 1.29 is 4.74 Å². The maximum Gasteiger partial charge on any atom is 0.215 e. The summed E-state index contributed by atoms with van der Waals surface area (Å²) in [7, 11) is 1.65. The predicted molar refractivity (Wildman–Crippen MR) is 88.6 cm³/mol. The van der Waals surface area contributed by atoms with Crippen molar-refractivity contribution >= 4 is 34.5 Å². The lowest BCUT2D eigenvalue weighted by Gasteiger charge is -2.22. The van der Waals surface area contributed by atoms with Gasteiger partial charge in [0.2, 0.25) is 5.88 Å². The number of hydrogen-bond acceptors (Lipinski definition) is 4. The number of fused-ring (bicyclic) bond motifs is 1. The van der Waals surface area contributed by atoms with E-state index in [2.05, 4.69) is 21.3 Å². The van der Waals surface area contributed by atoms with Gasteiger partial charge in [0.25, 0.3) is 0 Å². The Morgan fingerprint density at radius 1 is 1.33 bits per heavy atom. The molecule has 0 atom stereocenters. The molecular weight excluding hydrogens is 306 g/mol. The van der Waals surface area contributed by atoms with Crippen molar-refractivity contribution in [2.45, 2.75) is 25.8 Å². The fourth-order valence-corrected chi connectivity index (χ4v) is 4.17. The van der Waals surface area contributed by atoms with Gasteiger partial charge < -0.3 is 9.30 Å².